The number of rotatable bonds is 9. The number of aliphatic imine (C=N–C) groups is 1. The molecule has 0 aliphatic carbocycles. The van der Waals surface area contributed by atoms with Crippen LogP contribution < -0.4 is 21.1 Å². The first kappa shape index (κ1) is 21.7. The molecular formula is C22H31N5O3. The summed E-state index contributed by atoms with van der Waals surface area (Å²) in [5, 5.41) is 6.75. The number of ether oxygens (including phenoxy) is 1. The van der Waals surface area contributed by atoms with Gasteiger partial charge in [-0.1, -0.05) is 18.6 Å². The number of nitrogens with two attached hydrogens (primary N) is 1. The Balaban J connectivity index is 1.54. The molecule has 2 heterocycles. The van der Waals surface area contributed by atoms with E-state index in [0.29, 0.717) is 24.8 Å². The molecule has 3 rings (SSSR count). The minimum atomic E-state index is -0.497. The molecule has 8 heteroatoms. The molecule has 30 heavy (non-hydrogen) atoms. The van der Waals surface area contributed by atoms with Crippen molar-refractivity contribution in [1.82, 2.24) is 15.5 Å². The van der Waals surface area contributed by atoms with E-state index in [1.807, 2.05) is 30.3 Å². The molecule has 1 atom stereocenters. The van der Waals surface area contributed by atoms with Gasteiger partial charge in [0.2, 0.25) is 0 Å². The highest BCUT2D eigenvalue weighted by atomic mass is 16.5. The Kier molecular flexibility index (Phi) is 8.14. The third-order valence-corrected chi connectivity index (χ3v) is 5.13. The summed E-state index contributed by atoms with van der Waals surface area (Å²) in [5.74, 6) is 1.80. The predicted molar refractivity (Wildman–Crippen MR) is 116 cm³/mol. The van der Waals surface area contributed by atoms with Gasteiger partial charge in [-0.2, -0.15) is 0 Å². The molecule has 1 unspecified atom stereocenters. The number of furan rings is 1. The number of likely N-dealkylation sites (tertiary alicyclic amines) is 1. The Morgan fingerprint density at radius 1 is 1.23 bits per heavy atom. The maximum Gasteiger partial charge on any atom is 0.255 e. The number of piperidine rings is 1. The van der Waals surface area contributed by atoms with Gasteiger partial charge in [0.1, 0.15) is 11.5 Å². The minimum Gasteiger partial charge on any atom is -0.484 e. The second-order valence-electron chi connectivity index (χ2n) is 7.34. The van der Waals surface area contributed by atoms with Crippen LogP contribution in [0.4, 0.5) is 0 Å². The van der Waals surface area contributed by atoms with E-state index in [1.165, 1.54) is 19.3 Å². The number of primary amides is 1. The van der Waals surface area contributed by atoms with Gasteiger partial charge in [0.15, 0.2) is 12.6 Å². The van der Waals surface area contributed by atoms with Gasteiger partial charge in [-0.15, -0.1) is 0 Å². The van der Waals surface area contributed by atoms with Crippen LogP contribution in [0, 0.1) is 0 Å². The summed E-state index contributed by atoms with van der Waals surface area (Å²) in [7, 11) is 1.75. The van der Waals surface area contributed by atoms with Crippen LogP contribution in [0.15, 0.2) is 52.1 Å². The van der Waals surface area contributed by atoms with Crippen molar-refractivity contribution >= 4 is 11.9 Å². The van der Waals surface area contributed by atoms with Crippen molar-refractivity contribution in [3.63, 3.8) is 0 Å². The average Bonchev–Trinajstić information content (AvgIpc) is 3.30. The molecule has 0 spiro atoms. The number of guanidine groups is 1. The molecule has 1 aliphatic heterocycles. The van der Waals surface area contributed by atoms with E-state index in [2.05, 4.69) is 20.5 Å². The lowest BCUT2D eigenvalue weighted by Crippen LogP contribution is -2.44. The first-order valence-corrected chi connectivity index (χ1v) is 10.4. The number of hydrogen-bond acceptors (Lipinski definition) is 5. The van der Waals surface area contributed by atoms with Crippen molar-refractivity contribution in [3.05, 3.63) is 54.0 Å². The third-order valence-electron chi connectivity index (χ3n) is 5.13. The van der Waals surface area contributed by atoms with Crippen molar-refractivity contribution in [3.8, 4) is 5.75 Å². The molecule has 0 radical (unpaired) electrons. The molecule has 2 aromatic rings. The molecule has 0 bridgehead atoms. The Labute approximate surface area is 177 Å². The quantitative estimate of drug-likeness (QED) is 0.429. The third kappa shape index (κ3) is 6.52. The van der Waals surface area contributed by atoms with Crippen molar-refractivity contribution in [2.75, 3.05) is 33.3 Å². The lowest BCUT2D eigenvalue weighted by atomic mass is 10.1. The number of nitrogens with one attached hydrogen (secondary N) is 2. The minimum absolute atomic E-state index is 0.134. The summed E-state index contributed by atoms with van der Waals surface area (Å²) in [6.07, 6.45) is 5.46. The normalized spacial score (nSPS) is 16.1. The fourth-order valence-electron chi connectivity index (χ4n) is 3.62. The lowest BCUT2D eigenvalue weighted by Gasteiger charge is -2.33. The van der Waals surface area contributed by atoms with Gasteiger partial charge in [0, 0.05) is 20.1 Å². The average molecular weight is 414 g/mol. The van der Waals surface area contributed by atoms with Crippen LogP contribution >= 0.6 is 0 Å². The zero-order chi connectivity index (χ0) is 21.2. The van der Waals surface area contributed by atoms with Gasteiger partial charge < -0.3 is 25.5 Å². The summed E-state index contributed by atoms with van der Waals surface area (Å²) in [6, 6.07) is 11.7. The van der Waals surface area contributed by atoms with E-state index < -0.39 is 5.91 Å². The highest BCUT2D eigenvalue weighted by molar-refractivity contribution is 5.79. The van der Waals surface area contributed by atoms with Gasteiger partial charge in [0.25, 0.3) is 5.91 Å². The maximum absolute atomic E-state index is 10.9. The number of nitrogens with zero attached hydrogens (tertiary/aromatic N) is 2. The smallest absolute Gasteiger partial charge is 0.255 e. The van der Waals surface area contributed by atoms with Gasteiger partial charge in [-0.25, -0.2) is 0 Å². The highest BCUT2D eigenvalue weighted by Crippen LogP contribution is 2.24. The van der Waals surface area contributed by atoms with E-state index in [4.69, 9.17) is 14.9 Å². The molecule has 1 aromatic carbocycles. The molecule has 8 nitrogen and oxygen atoms in total. The van der Waals surface area contributed by atoms with Crippen LogP contribution in [0.1, 0.15) is 36.6 Å². The van der Waals surface area contributed by atoms with Gasteiger partial charge in [-0.3, -0.25) is 14.7 Å². The van der Waals surface area contributed by atoms with Gasteiger partial charge in [0.05, 0.1) is 12.3 Å². The summed E-state index contributed by atoms with van der Waals surface area (Å²) >= 11 is 0. The van der Waals surface area contributed by atoms with E-state index in [0.717, 1.165) is 24.4 Å². The standard InChI is InChI=1S/C22H31N5O3/c1-24-22(25-14-17-7-5-8-18(13-17)30-16-21(23)28)26-15-19(20-9-6-12-29-20)27-10-3-2-4-11-27/h5-9,12-13,19H,2-4,10-11,14-16H2,1H3,(H2,23,28)(H2,24,25,26). The molecular weight excluding hydrogens is 382 g/mol. The zero-order valence-corrected chi connectivity index (χ0v) is 17.5. The van der Waals surface area contributed by atoms with Gasteiger partial charge >= 0.3 is 0 Å². The van der Waals surface area contributed by atoms with Crippen LogP contribution in [0.25, 0.3) is 0 Å². The molecule has 1 aliphatic rings. The van der Waals surface area contributed by atoms with Crippen LogP contribution in [0.3, 0.4) is 0 Å². The SMILES string of the molecule is CN=C(NCc1cccc(OCC(N)=O)c1)NCC(c1ccco1)N1CCCCC1. The summed E-state index contributed by atoms with van der Waals surface area (Å²) < 4.78 is 11.1. The largest absolute Gasteiger partial charge is 0.484 e. The molecule has 0 saturated carbocycles. The van der Waals surface area contributed by atoms with Crippen LogP contribution in [0.5, 0.6) is 5.75 Å². The Bertz CT molecular complexity index is 816. The van der Waals surface area contributed by atoms with E-state index in [9.17, 15) is 4.79 Å². The lowest BCUT2D eigenvalue weighted by molar-refractivity contribution is -0.119. The molecule has 1 saturated heterocycles. The Hall–Kier alpha value is -3.00. The summed E-state index contributed by atoms with van der Waals surface area (Å²) in [5.41, 5.74) is 6.14. The zero-order valence-electron chi connectivity index (χ0n) is 17.5. The number of carbonyl (C=O) groups is 1. The van der Waals surface area contributed by atoms with Gasteiger partial charge in [-0.05, 0) is 55.8 Å². The second kappa shape index (κ2) is 11.3. The topological polar surface area (TPSA) is 105 Å². The molecule has 1 aromatic heterocycles. The van der Waals surface area contributed by atoms with Crippen molar-refractivity contribution in [2.24, 2.45) is 10.7 Å². The number of carbonyl (C=O) groups excluding carboxylic acids is 1. The van der Waals surface area contributed by atoms with Crippen LogP contribution in [-0.2, 0) is 11.3 Å². The second-order valence-corrected chi connectivity index (χ2v) is 7.34. The Morgan fingerprint density at radius 2 is 2.07 bits per heavy atom. The molecule has 162 valence electrons. The summed E-state index contributed by atoms with van der Waals surface area (Å²) in [6.45, 7) is 3.30. The van der Waals surface area contributed by atoms with Crippen molar-refractivity contribution in [1.29, 1.82) is 0 Å². The first-order valence-electron chi connectivity index (χ1n) is 10.4. The van der Waals surface area contributed by atoms with Crippen LogP contribution in [0.2, 0.25) is 0 Å². The van der Waals surface area contributed by atoms with Crippen molar-refractivity contribution in [2.45, 2.75) is 31.8 Å². The number of hydrogen-bond donors (Lipinski definition) is 3. The molecule has 1 amide bonds. The number of amides is 1. The fourth-order valence-corrected chi connectivity index (χ4v) is 3.62. The summed E-state index contributed by atoms with van der Waals surface area (Å²) in [4.78, 5) is 17.7. The fraction of sp³-hybridized carbons (Fsp3) is 0.455. The molecule has 1 fully saturated rings. The first-order chi connectivity index (χ1) is 14.7. The van der Waals surface area contributed by atoms with E-state index in [-0.39, 0.29) is 12.6 Å². The molecule has 4 N–H and O–H groups in total. The van der Waals surface area contributed by atoms with Crippen molar-refractivity contribution < 1.29 is 13.9 Å². The maximum atomic E-state index is 10.9. The van der Waals surface area contributed by atoms with Crippen LogP contribution in [-0.4, -0.2) is 50.1 Å². The Morgan fingerprint density at radius 3 is 2.77 bits per heavy atom. The number of benzene rings is 1. The highest BCUT2D eigenvalue weighted by Gasteiger charge is 2.24. The van der Waals surface area contributed by atoms with E-state index in [1.54, 1.807) is 19.4 Å². The monoisotopic (exact) mass is 413 g/mol. The van der Waals surface area contributed by atoms with E-state index >= 15 is 0 Å². The predicted octanol–water partition coefficient (Wildman–Crippen LogP) is 2.04.